The lowest BCUT2D eigenvalue weighted by Crippen LogP contribution is -2.50. The van der Waals surface area contributed by atoms with E-state index in [2.05, 4.69) is 74.7 Å². The number of carbonyl (C=O) groups is 1. The van der Waals surface area contributed by atoms with Gasteiger partial charge in [-0.05, 0) is 36.3 Å². The Hall–Kier alpha value is 0.174. The highest BCUT2D eigenvalue weighted by molar-refractivity contribution is 7.54. The summed E-state index contributed by atoms with van der Waals surface area (Å²) in [5.74, 6) is -0.618. The van der Waals surface area contributed by atoms with E-state index in [0.29, 0.717) is 6.61 Å². The molecular weight excluding hydrogens is 447 g/mol. The molecule has 0 aromatic rings. The van der Waals surface area contributed by atoms with Gasteiger partial charge < -0.3 is 17.9 Å². The molecule has 0 saturated heterocycles. The van der Waals surface area contributed by atoms with Crippen LogP contribution in [-0.4, -0.2) is 55.5 Å². The lowest BCUT2D eigenvalue weighted by molar-refractivity contribution is -0.124. The van der Waals surface area contributed by atoms with E-state index in [4.69, 9.17) is 17.9 Å². The summed E-state index contributed by atoms with van der Waals surface area (Å²) in [6.07, 6.45) is -0.589. The maximum absolute atomic E-state index is 13.1. The summed E-state index contributed by atoms with van der Waals surface area (Å²) in [5.41, 5.74) is 0. The maximum Gasteiger partial charge on any atom is 0.337 e. The Labute approximate surface area is 193 Å². The van der Waals surface area contributed by atoms with E-state index in [9.17, 15) is 9.36 Å². The fourth-order valence-electron chi connectivity index (χ4n) is 2.60. The van der Waals surface area contributed by atoms with Crippen LogP contribution in [0.4, 0.5) is 0 Å². The van der Waals surface area contributed by atoms with Crippen LogP contribution in [0.5, 0.6) is 0 Å². The van der Waals surface area contributed by atoms with Gasteiger partial charge in [-0.3, -0.25) is 9.36 Å². The standard InChI is InChI=1S/C22H49O6PSi2/c1-17(15-27-30(11,12)21(3,4)5)20(28-31(13,14)22(6,7)8)18(2)19(23)16-29(24,25-9)26-10/h17-18,20H,15-16H2,1-14H3/t17-,18-,20-/m0/s1. The van der Waals surface area contributed by atoms with Crippen molar-refractivity contribution in [2.24, 2.45) is 11.8 Å². The summed E-state index contributed by atoms with van der Waals surface area (Å²) in [6.45, 7) is 26.5. The summed E-state index contributed by atoms with van der Waals surface area (Å²) >= 11 is 0. The van der Waals surface area contributed by atoms with E-state index < -0.39 is 30.1 Å². The molecule has 186 valence electrons. The van der Waals surface area contributed by atoms with Gasteiger partial charge in [0.05, 0.1) is 6.10 Å². The predicted molar refractivity (Wildman–Crippen MR) is 135 cm³/mol. The minimum atomic E-state index is -3.43. The van der Waals surface area contributed by atoms with Gasteiger partial charge in [0.25, 0.3) is 0 Å². The van der Waals surface area contributed by atoms with Gasteiger partial charge in [-0.1, -0.05) is 55.4 Å². The molecule has 0 radical (unpaired) electrons. The van der Waals surface area contributed by atoms with Gasteiger partial charge >= 0.3 is 7.60 Å². The Morgan fingerprint density at radius 3 is 1.65 bits per heavy atom. The summed E-state index contributed by atoms with van der Waals surface area (Å²) in [7, 11) is -4.90. The molecule has 0 heterocycles. The lowest BCUT2D eigenvalue weighted by atomic mass is 9.91. The Morgan fingerprint density at radius 2 is 1.29 bits per heavy atom. The molecule has 0 bridgehead atoms. The molecule has 0 aromatic carbocycles. The van der Waals surface area contributed by atoms with Gasteiger partial charge in [0, 0.05) is 32.7 Å². The molecule has 0 fully saturated rings. The summed E-state index contributed by atoms with van der Waals surface area (Å²) in [5, 5.41) is 0.107. The van der Waals surface area contributed by atoms with Crippen molar-refractivity contribution in [2.75, 3.05) is 27.0 Å². The van der Waals surface area contributed by atoms with Gasteiger partial charge in [-0.25, -0.2) is 0 Å². The Balaban J connectivity index is 5.79. The van der Waals surface area contributed by atoms with Crippen molar-refractivity contribution in [3.05, 3.63) is 0 Å². The van der Waals surface area contributed by atoms with Crippen LogP contribution in [0.3, 0.4) is 0 Å². The molecule has 0 unspecified atom stereocenters. The number of rotatable bonds is 12. The molecule has 0 aliphatic carbocycles. The lowest BCUT2D eigenvalue weighted by Gasteiger charge is -2.43. The molecular formula is C22H49O6PSi2. The van der Waals surface area contributed by atoms with Gasteiger partial charge in [0.1, 0.15) is 11.9 Å². The molecule has 6 nitrogen and oxygen atoms in total. The van der Waals surface area contributed by atoms with Crippen LogP contribution in [0.2, 0.25) is 36.3 Å². The van der Waals surface area contributed by atoms with Crippen molar-refractivity contribution in [3.8, 4) is 0 Å². The molecule has 0 amide bonds. The molecule has 0 saturated carbocycles. The van der Waals surface area contributed by atoms with Gasteiger partial charge in [-0.2, -0.15) is 0 Å². The molecule has 0 N–H and O–H groups in total. The van der Waals surface area contributed by atoms with Crippen LogP contribution in [0.1, 0.15) is 55.4 Å². The minimum Gasteiger partial charge on any atom is -0.416 e. The molecule has 9 heteroatoms. The second-order valence-corrected chi connectivity index (χ2v) is 23.6. The molecule has 0 aliphatic heterocycles. The fourth-order valence-corrected chi connectivity index (χ4v) is 6.26. The normalized spacial score (nSPS) is 17.4. The molecule has 31 heavy (non-hydrogen) atoms. The SMILES string of the molecule is COP(=O)(CC(=O)[C@H](C)[C@@H](O[Si](C)(C)C(C)(C)C)[C@@H](C)CO[Si](C)(C)C(C)(C)C)OC. The fraction of sp³-hybridized carbons (Fsp3) is 0.955. The van der Waals surface area contributed by atoms with E-state index in [1.54, 1.807) is 0 Å². The van der Waals surface area contributed by atoms with Crippen molar-refractivity contribution in [1.29, 1.82) is 0 Å². The predicted octanol–water partition coefficient (Wildman–Crippen LogP) is 6.73. The monoisotopic (exact) mass is 496 g/mol. The van der Waals surface area contributed by atoms with Crippen LogP contribution >= 0.6 is 7.60 Å². The molecule has 0 rings (SSSR count). The van der Waals surface area contributed by atoms with Crippen molar-refractivity contribution in [2.45, 2.75) is 97.8 Å². The van der Waals surface area contributed by atoms with E-state index in [1.807, 2.05) is 6.92 Å². The first-order chi connectivity index (χ1) is 13.6. The first-order valence-electron chi connectivity index (χ1n) is 11.2. The summed E-state index contributed by atoms with van der Waals surface area (Å²) in [6, 6.07) is 0. The third-order valence-electron chi connectivity index (χ3n) is 7.22. The third kappa shape index (κ3) is 8.80. The summed E-state index contributed by atoms with van der Waals surface area (Å²) < 4.78 is 35.8. The Kier molecular flexibility index (Phi) is 11.1. The minimum absolute atomic E-state index is 0.00236. The average molecular weight is 497 g/mol. The number of hydrogen-bond donors (Lipinski definition) is 0. The summed E-state index contributed by atoms with van der Waals surface area (Å²) in [4.78, 5) is 13.1. The van der Waals surface area contributed by atoms with Crippen LogP contribution in [0.25, 0.3) is 0 Å². The van der Waals surface area contributed by atoms with Gasteiger partial charge in [0.15, 0.2) is 16.6 Å². The highest BCUT2D eigenvalue weighted by Crippen LogP contribution is 2.47. The first kappa shape index (κ1) is 31.2. The van der Waals surface area contributed by atoms with Crippen molar-refractivity contribution >= 4 is 30.0 Å². The second kappa shape index (κ2) is 11.1. The number of ketones is 1. The highest BCUT2D eigenvalue weighted by Gasteiger charge is 2.44. The van der Waals surface area contributed by atoms with Gasteiger partial charge in [-0.15, -0.1) is 0 Å². The molecule has 3 atom stereocenters. The van der Waals surface area contributed by atoms with Crippen LogP contribution in [0.15, 0.2) is 0 Å². The first-order valence-corrected chi connectivity index (χ1v) is 18.7. The zero-order valence-electron chi connectivity index (χ0n) is 22.5. The van der Waals surface area contributed by atoms with Crippen molar-refractivity contribution in [1.82, 2.24) is 0 Å². The molecule has 0 aromatic heterocycles. The van der Waals surface area contributed by atoms with E-state index in [-0.39, 0.29) is 34.0 Å². The zero-order valence-corrected chi connectivity index (χ0v) is 25.4. The Morgan fingerprint density at radius 1 is 0.871 bits per heavy atom. The third-order valence-corrected chi connectivity index (χ3v) is 18.0. The van der Waals surface area contributed by atoms with Crippen LogP contribution in [-0.2, 0) is 27.3 Å². The smallest absolute Gasteiger partial charge is 0.337 e. The van der Waals surface area contributed by atoms with E-state index >= 15 is 0 Å². The van der Waals surface area contributed by atoms with Crippen molar-refractivity contribution < 1.29 is 27.3 Å². The topological polar surface area (TPSA) is 71.1 Å². The highest BCUT2D eigenvalue weighted by atomic mass is 31.2. The largest absolute Gasteiger partial charge is 0.416 e. The number of hydrogen-bond acceptors (Lipinski definition) is 6. The van der Waals surface area contributed by atoms with E-state index in [0.717, 1.165) is 0 Å². The van der Waals surface area contributed by atoms with Crippen LogP contribution < -0.4 is 0 Å². The zero-order chi connectivity index (χ0) is 25.1. The maximum atomic E-state index is 13.1. The van der Waals surface area contributed by atoms with Crippen molar-refractivity contribution in [3.63, 3.8) is 0 Å². The quantitative estimate of drug-likeness (QED) is 0.220. The average Bonchev–Trinajstić information content (AvgIpc) is 2.61. The molecule has 0 aliphatic rings. The van der Waals surface area contributed by atoms with E-state index in [1.165, 1.54) is 14.2 Å². The second-order valence-electron chi connectivity index (χ2n) is 11.8. The number of Topliss-reactive ketones (excluding diaryl/α,β-unsaturated/α-hetero) is 1. The van der Waals surface area contributed by atoms with Gasteiger partial charge in [0.2, 0.25) is 0 Å². The Bertz CT molecular complexity index is 629. The molecule has 0 spiro atoms. The number of carbonyl (C=O) groups excluding carboxylic acids is 1. The van der Waals surface area contributed by atoms with Crippen LogP contribution in [0, 0.1) is 11.8 Å².